The summed E-state index contributed by atoms with van der Waals surface area (Å²) in [6.07, 6.45) is 13.4. The normalized spacial score (nSPS) is 11.4. The van der Waals surface area contributed by atoms with Crippen LogP contribution in [0.5, 0.6) is 0 Å². The maximum absolute atomic E-state index is 3.83. The Morgan fingerprint density at radius 3 is 1.27 bits per heavy atom. The number of rotatable bonds is 14. The second-order valence-electron chi connectivity index (χ2n) is 9.37. The van der Waals surface area contributed by atoms with Crippen LogP contribution in [0.3, 0.4) is 0 Å². The van der Waals surface area contributed by atoms with Crippen molar-refractivity contribution in [3.63, 3.8) is 0 Å². The second kappa shape index (κ2) is 13.3. The highest BCUT2D eigenvalue weighted by atomic mass is 32.1. The zero-order chi connectivity index (χ0) is 25.5. The van der Waals surface area contributed by atoms with E-state index in [0.29, 0.717) is 0 Å². The Hall–Kier alpha value is -1.76. The van der Waals surface area contributed by atoms with Crippen molar-refractivity contribution in [1.82, 2.24) is 0 Å². The molecule has 0 spiro atoms. The Kier molecular flexibility index (Phi) is 9.68. The third kappa shape index (κ3) is 7.01. The van der Waals surface area contributed by atoms with Crippen LogP contribution in [0.2, 0.25) is 0 Å². The molecule has 5 aromatic rings. The molecule has 0 atom stereocenters. The lowest BCUT2D eigenvalue weighted by Gasteiger charge is -1.96. The molecule has 0 aromatic carbocycles. The summed E-state index contributed by atoms with van der Waals surface area (Å²) in [5, 5.41) is 0. The monoisotopic (exact) mass is 578 g/mol. The van der Waals surface area contributed by atoms with E-state index in [1.54, 1.807) is 0 Å². The van der Waals surface area contributed by atoms with Gasteiger partial charge in [-0.05, 0) is 99.2 Å². The predicted octanol–water partition coefficient (Wildman–Crippen LogP) is 12.7. The van der Waals surface area contributed by atoms with E-state index in [4.69, 9.17) is 0 Å². The van der Waals surface area contributed by atoms with E-state index in [0.717, 1.165) is 6.42 Å². The van der Waals surface area contributed by atoms with Gasteiger partial charge >= 0.3 is 0 Å². The van der Waals surface area contributed by atoms with Gasteiger partial charge < -0.3 is 0 Å². The molecule has 0 N–H and O–H groups in total. The van der Waals surface area contributed by atoms with Gasteiger partial charge in [-0.3, -0.25) is 0 Å². The zero-order valence-electron chi connectivity index (χ0n) is 21.5. The highest BCUT2D eigenvalue weighted by Gasteiger charge is 2.13. The lowest BCUT2D eigenvalue weighted by atomic mass is 10.1. The molecule has 0 unspecified atom stereocenters. The Labute approximate surface area is 242 Å². The molecule has 0 radical (unpaired) electrons. The lowest BCUT2D eigenvalue weighted by Crippen LogP contribution is -1.80. The Morgan fingerprint density at radius 1 is 0.486 bits per heavy atom. The maximum atomic E-state index is 3.83. The molecule has 5 aromatic heterocycles. The number of hydrogen-bond donors (Lipinski definition) is 0. The number of thiophene rings is 5. The third-order valence-corrected chi connectivity index (χ3v) is 12.8. The van der Waals surface area contributed by atoms with E-state index < -0.39 is 0 Å². The summed E-state index contributed by atoms with van der Waals surface area (Å²) in [5.41, 5.74) is 0. The van der Waals surface area contributed by atoms with Crippen LogP contribution in [0, 0.1) is 0 Å². The summed E-state index contributed by atoms with van der Waals surface area (Å²) in [6.45, 7) is 6.11. The van der Waals surface area contributed by atoms with Crippen LogP contribution < -0.4 is 0 Å². The average Bonchev–Trinajstić information content (AvgIpc) is 3.73. The maximum Gasteiger partial charge on any atom is 0.0449 e. The van der Waals surface area contributed by atoms with E-state index in [9.17, 15) is 0 Å². The van der Waals surface area contributed by atoms with Gasteiger partial charge in [0.1, 0.15) is 0 Å². The second-order valence-corrected chi connectivity index (χ2v) is 15.0. The van der Waals surface area contributed by atoms with Crippen LogP contribution in [0.15, 0.2) is 73.3 Å². The van der Waals surface area contributed by atoms with Gasteiger partial charge in [-0.2, -0.15) is 0 Å². The predicted molar refractivity (Wildman–Crippen MR) is 173 cm³/mol. The van der Waals surface area contributed by atoms with E-state index in [1.807, 2.05) is 62.8 Å². The Morgan fingerprint density at radius 2 is 0.865 bits per heavy atom. The highest BCUT2D eigenvalue weighted by molar-refractivity contribution is 7.29. The van der Waals surface area contributed by atoms with E-state index in [1.165, 1.54) is 100 Å². The molecule has 0 amide bonds. The van der Waals surface area contributed by atoms with Gasteiger partial charge in [-0.1, -0.05) is 32.3 Å². The van der Waals surface area contributed by atoms with Crippen molar-refractivity contribution < 1.29 is 0 Å². The summed E-state index contributed by atoms with van der Waals surface area (Å²) in [4.78, 5) is 14.1. The van der Waals surface area contributed by atoms with Crippen molar-refractivity contribution in [2.45, 2.75) is 64.7 Å². The Bertz CT molecular complexity index is 1400. The number of unbranched alkanes of at least 4 members (excludes halogenated alkanes) is 5. The average molecular weight is 579 g/mol. The van der Waals surface area contributed by atoms with Gasteiger partial charge in [0.2, 0.25) is 0 Å². The molecule has 0 saturated carbocycles. The first-order valence-corrected chi connectivity index (χ1v) is 17.4. The molecular formula is C32H34S5. The van der Waals surface area contributed by atoms with Crippen molar-refractivity contribution in [2.24, 2.45) is 0 Å². The quantitative estimate of drug-likeness (QED) is 0.0908. The van der Waals surface area contributed by atoms with Crippen LogP contribution >= 0.6 is 56.7 Å². The number of allylic oxidation sites excluding steroid dienone is 1. The lowest BCUT2D eigenvalue weighted by molar-refractivity contribution is 0.670. The molecule has 0 aliphatic carbocycles. The summed E-state index contributed by atoms with van der Waals surface area (Å²) in [7, 11) is 0. The first kappa shape index (κ1) is 26.8. The van der Waals surface area contributed by atoms with Crippen molar-refractivity contribution in [3.05, 3.63) is 83.1 Å². The van der Waals surface area contributed by atoms with Crippen molar-refractivity contribution in [2.75, 3.05) is 0 Å². The van der Waals surface area contributed by atoms with Gasteiger partial charge in [-0.25, -0.2) is 0 Å². The smallest absolute Gasteiger partial charge is 0.0449 e. The van der Waals surface area contributed by atoms with Gasteiger partial charge in [0, 0.05) is 48.8 Å². The van der Waals surface area contributed by atoms with Crippen molar-refractivity contribution in [1.29, 1.82) is 0 Å². The van der Waals surface area contributed by atoms with Gasteiger partial charge in [0.05, 0.1) is 0 Å². The van der Waals surface area contributed by atoms with Crippen LogP contribution in [-0.4, -0.2) is 0 Å². The van der Waals surface area contributed by atoms with E-state index in [2.05, 4.69) is 74.2 Å². The van der Waals surface area contributed by atoms with Gasteiger partial charge in [0.25, 0.3) is 0 Å². The number of hydrogen-bond acceptors (Lipinski definition) is 5. The topological polar surface area (TPSA) is 0 Å². The molecule has 5 heteroatoms. The SMILES string of the molecule is C=CCCCCc1ccc(-c2ccc(-c3ccc(-c4ccc(-c5ccc(CCCCCC)s5)s4)s3)s2)s1. The summed E-state index contributed by atoms with van der Waals surface area (Å²) < 4.78 is 0. The first-order valence-electron chi connectivity index (χ1n) is 13.3. The summed E-state index contributed by atoms with van der Waals surface area (Å²) in [5.74, 6) is 0. The molecule has 37 heavy (non-hydrogen) atoms. The first-order chi connectivity index (χ1) is 18.2. The van der Waals surface area contributed by atoms with Crippen LogP contribution in [0.4, 0.5) is 0 Å². The minimum Gasteiger partial charge on any atom is -0.139 e. The zero-order valence-corrected chi connectivity index (χ0v) is 25.5. The van der Waals surface area contributed by atoms with Crippen molar-refractivity contribution >= 4 is 56.7 Å². The Balaban J connectivity index is 1.22. The van der Waals surface area contributed by atoms with Crippen LogP contribution in [-0.2, 0) is 12.8 Å². The van der Waals surface area contributed by atoms with E-state index in [-0.39, 0.29) is 0 Å². The molecular weight excluding hydrogens is 545 g/mol. The fourth-order valence-corrected chi connectivity index (χ4v) is 9.89. The largest absolute Gasteiger partial charge is 0.139 e. The molecule has 0 aliphatic heterocycles. The minimum atomic E-state index is 1.12. The molecule has 5 heterocycles. The van der Waals surface area contributed by atoms with Crippen LogP contribution in [0.1, 0.15) is 61.6 Å². The standard InChI is InChI=1S/C32H34S5/c1-3-5-7-9-11-23-13-15-25(33-23)27-17-19-29(35-27)31-21-22-32(37-31)30-20-18-28(36-30)26-16-14-24(34-26)12-10-8-6-4-2/h3,13-22H,1,4-12H2,2H3. The third-order valence-electron chi connectivity index (χ3n) is 6.47. The molecule has 0 saturated heterocycles. The number of aryl methyl sites for hydroxylation is 2. The fourth-order valence-electron chi connectivity index (χ4n) is 4.41. The fraction of sp³-hybridized carbons (Fsp3) is 0.312. The summed E-state index contributed by atoms with van der Waals surface area (Å²) in [6, 6.07) is 23.1. The molecule has 0 fully saturated rings. The molecule has 0 nitrogen and oxygen atoms in total. The molecule has 0 aliphatic rings. The molecule has 0 bridgehead atoms. The molecule has 5 rings (SSSR count). The minimum absolute atomic E-state index is 1.12. The summed E-state index contributed by atoms with van der Waals surface area (Å²) >= 11 is 9.69. The van der Waals surface area contributed by atoms with Crippen molar-refractivity contribution in [3.8, 4) is 39.0 Å². The van der Waals surface area contributed by atoms with Crippen LogP contribution in [0.25, 0.3) is 39.0 Å². The molecule has 192 valence electrons. The van der Waals surface area contributed by atoms with Gasteiger partial charge in [-0.15, -0.1) is 63.3 Å². The van der Waals surface area contributed by atoms with E-state index >= 15 is 0 Å². The van der Waals surface area contributed by atoms with Gasteiger partial charge in [0.15, 0.2) is 0 Å². The highest BCUT2D eigenvalue weighted by Crippen LogP contribution is 2.44.